The van der Waals surface area contributed by atoms with Gasteiger partial charge in [-0.2, -0.15) is 13.2 Å². The quantitative estimate of drug-likeness (QED) is 0.803. The SMILES string of the molecule is CCc1cc(C(F)(F)F)cc(N(CC)C2CCN(C)CC2)c1C. The van der Waals surface area contributed by atoms with E-state index in [4.69, 9.17) is 0 Å². The normalized spacial score (nSPS) is 17.5. The molecule has 0 radical (unpaired) electrons. The van der Waals surface area contributed by atoms with Gasteiger partial charge in [0.25, 0.3) is 0 Å². The van der Waals surface area contributed by atoms with Crippen LogP contribution >= 0.6 is 0 Å². The molecule has 0 amide bonds. The minimum atomic E-state index is -4.29. The molecule has 1 heterocycles. The predicted octanol–water partition coefficient (Wildman–Crippen LogP) is 4.50. The Morgan fingerprint density at radius 1 is 1.17 bits per heavy atom. The van der Waals surface area contributed by atoms with Gasteiger partial charge in [0.15, 0.2) is 0 Å². The molecule has 1 aromatic carbocycles. The fourth-order valence-corrected chi connectivity index (χ4v) is 3.52. The number of aryl methyl sites for hydroxylation is 1. The van der Waals surface area contributed by atoms with Crippen LogP contribution in [-0.2, 0) is 12.6 Å². The lowest BCUT2D eigenvalue weighted by Gasteiger charge is -2.39. The van der Waals surface area contributed by atoms with E-state index in [0.717, 1.165) is 49.3 Å². The van der Waals surface area contributed by atoms with E-state index < -0.39 is 11.7 Å². The summed E-state index contributed by atoms with van der Waals surface area (Å²) in [7, 11) is 2.09. The van der Waals surface area contributed by atoms with Crippen molar-refractivity contribution in [3.63, 3.8) is 0 Å². The summed E-state index contributed by atoms with van der Waals surface area (Å²) in [6.45, 7) is 8.63. The van der Waals surface area contributed by atoms with Crippen LogP contribution in [0.4, 0.5) is 18.9 Å². The first-order valence-electron chi connectivity index (χ1n) is 8.43. The average molecular weight is 328 g/mol. The second-order valence-corrected chi connectivity index (χ2v) is 6.45. The first kappa shape index (κ1) is 18.1. The topological polar surface area (TPSA) is 6.48 Å². The molecule has 1 aliphatic heterocycles. The predicted molar refractivity (Wildman–Crippen MR) is 89.1 cm³/mol. The number of halogens is 3. The molecule has 0 bridgehead atoms. The molecule has 1 aromatic rings. The van der Waals surface area contributed by atoms with Crippen molar-refractivity contribution in [3.8, 4) is 0 Å². The summed E-state index contributed by atoms with van der Waals surface area (Å²) in [6, 6.07) is 2.97. The smallest absolute Gasteiger partial charge is 0.368 e. The number of nitrogens with zero attached hydrogens (tertiary/aromatic N) is 2. The maximum Gasteiger partial charge on any atom is 0.416 e. The molecule has 1 aliphatic rings. The molecule has 0 N–H and O–H groups in total. The van der Waals surface area contributed by atoms with E-state index in [0.29, 0.717) is 12.5 Å². The Balaban J connectivity index is 2.42. The Bertz CT molecular complexity index is 532. The molecule has 1 saturated heterocycles. The molecule has 2 rings (SSSR count). The van der Waals surface area contributed by atoms with Crippen LogP contribution in [0.1, 0.15) is 43.4 Å². The number of benzene rings is 1. The van der Waals surface area contributed by atoms with E-state index in [1.54, 1.807) is 0 Å². The highest BCUT2D eigenvalue weighted by Crippen LogP contribution is 2.37. The third-order valence-corrected chi connectivity index (χ3v) is 4.98. The molecule has 5 heteroatoms. The molecule has 2 nitrogen and oxygen atoms in total. The first-order chi connectivity index (χ1) is 10.8. The van der Waals surface area contributed by atoms with Gasteiger partial charge in [0.1, 0.15) is 0 Å². The molecule has 0 spiro atoms. The van der Waals surface area contributed by atoms with Gasteiger partial charge in [0.2, 0.25) is 0 Å². The van der Waals surface area contributed by atoms with E-state index in [1.165, 1.54) is 12.1 Å². The monoisotopic (exact) mass is 328 g/mol. The maximum atomic E-state index is 13.3. The van der Waals surface area contributed by atoms with Gasteiger partial charge in [-0.3, -0.25) is 0 Å². The lowest BCUT2D eigenvalue weighted by atomic mass is 9.96. The standard InChI is InChI=1S/C18H27F3N2/c1-5-14-11-15(18(19,20)21)12-17(13(14)3)23(6-2)16-7-9-22(4)10-8-16/h11-12,16H,5-10H2,1-4H3. The second kappa shape index (κ2) is 7.12. The fraction of sp³-hybridized carbons (Fsp3) is 0.667. The summed E-state index contributed by atoms with van der Waals surface area (Å²) < 4.78 is 39.8. The largest absolute Gasteiger partial charge is 0.416 e. The molecule has 0 saturated carbocycles. The highest BCUT2D eigenvalue weighted by Gasteiger charge is 2.33. The van der Waals surface area contributed by atoms with E-state index in [-0.39, 0.29) is 0 Å². The van der Waals surface area contributed by atoms with Crippen molar-refractivity contribution in [2.45, 2.75) is 52.3 Å². The van der Waals surface area contributed by atoms with Crippen LogP contribution in [0.25, 0.3) is 0 Å². The van der Waals surface area contributed by atoms with E-state index in [2.05, 4.69) is 16.8 Å². The summed E-state index contributed by atoms with van der Waals surface area (Å²) in [5, 5.41) is 0. The zero-order valence-corrected chi connectivity index (χ0v) is 14.5. The summed E-state index contributed by atoms with van der Waals surface area (Å²) in [5.74, 6) is 0. The van der Waals surface area contributed by atoms with Gasteiger partial charge in [-0.15, -0.1) is 0 Å². The van der Waals surface area contributed by atoms with Gasteiger partial charge in [0, 0.05) is 18.3 Å². The molecule has 0 aliphatic carbocycles. The van der Waals surface area contributed by atoms with Crippen molar-refractivity contribution in [2.75, 3.05) is 31.6 Å². The van der Waals surface area contributed by atoms with Crippen LogP contribution in [0.2, 0.25) is 0 Å². The van der Waals surface area contributed by atoms with E-state index >= 15 is 0 Å². The highest BCUT2D eigenvalue weighted by molar-refractivity contribution is 5.59. The van der Waals surface area contributed by atoms with Crippen molar-refractivity contribution in [1.29, 1.82) is 0 Å². The molecular formula is C18H27F3N2. The number of rotatable bonds is 4. The van der Waals surface area contributed by atoms with E-state index in [9.17, 15) is 13.2 Å². The lowest BCUT2D eigenvalue weighted by Crippen LogP contribution is -2.44. The molecule has 130 valence electrons. The third-order valence-electron chi connectivity index (χ3n) is 4.98. The maximum absolute atomic E-state index is 13.3. The first-order valence-corrected chi connectivity index (χ1v) is 8.43. The van der Waals surface area contributed by atoms with Gasteiger partial charge in [0.05, 0.1) is 5.56 Å². The summed E-state index contributed by atoms with van der Waals surface area (Å²) in [6.07, 6.45) is -1.67. The van der Waals surface area contributed by atoms with E-state index in [1.807, 2.05) is 20.8 Å². The van der Waals surface area contributed by atoms with Crippen molar-refractivity contribution in [1.82, 2.24) is 4.90 Å². The Labute approximate surface area is 137 Å². The van der Waals surface area contributed by atoms with Crippen LogP contribution in [-0.4, -0.2) is 37.6 Å². The summed E-state index contributed by atoms with van der Waals surface area (Å²) >= 11 is 0. The molecular weight excluding hydrogens is 301 g/mol. The molecule has 0 atom stereocenters. The van der Waals surface area contributed by atoms with Crippen LogP contribution in [0.15, 0.2) is 12.1 Å². The van der Waals surface area contributed by atoms with Gasteiger partial charge >= 0.3 is 6.18 Å². The number of likely N-dealkylation sites (tertiary alicyclic amines) is 1. The highest BCUT2D eigenvalue weighted by atomic mass is 19.4. The van der Waals surface area contributed by atoms with Crippen molar-refractivity contribution in [3.05, 3.63) is 28.8 Å². The second-order valence-electron chi connectivity index (χ2n) is 6.45. The van der Waals surface area contributed by atoms with Gasteiger partial charge in [-0.25, -0.2) is 0 Å². The number of alkyl halides is 3. The lowest BCUT2D eigenvalue weighted by molar-refractivity contribution is -0.137. The fourth-order valence-electron chi connectivity index (χ4n) is 3.52. The number of hydrogen-bond donors (Lipinski definition) is 0. The third kappa shape index (κ3) is 4.00. The summed E-state index contributed by atoms with van der Waals surface area (Å²) in [5.41, 5.74) is 2.01. The number of piperidine rings is 1. The van der Waals surface area contributed by atoms with Gasteiger partial charge < -0.3 is 9.80 Å². The van der Waals surface area contributed by atoms with Crippen LogP contribution in [0.5, 0.6) is 0 Å². The van der Waals surface area contributed by atoms with Crippen molar-refractivity contribution in [2.24, 2.45) is 0 Å². The Hall–Kier alpha value is -1.23. The minimum Gasteiger partial charge on any atom is -0.368 e. The van der Waals surface area contributed by atoms with Crippen molar-refractivity contribution < 1.29 is 13.2 Å². The van der Waals surface area contributed by atoms with Gasteiger partial charge in [-0.1, -0.05) is 6.92 Å². The van der Waals surface area contributed by atoms with Crippen LogP contribution in [0, 0.1) is 6.92 Å². The molecule has 1 fully saturated rings. The average Bonchev–Trinajstić information content (AvgIpc) is 2.50. The van der Waals surface area contributed by atoms with Crippen molar-refractivity contribution >= 4 is 5.69 Å². The zero-order valence-electron chi connectivity index (χ0n) is 14.5. The molecule has 0 unspecified atom stereocenters. The number of hydrogen-bond acceptors (Lipinski definition) is 2. The summed E-state index contributed by atoms with van der Waals surface area (Å²) in [4.78, 5) is 4.46. The molecule has 0 aromatic heterocycles. The Morgan fingerprint density at radius 2 is 1.78 bits per heavy atom. The van der Waals surface area contributed by atoms with Gasteiger partial charge in [-0.05, 0) is 76.5 Å². The van der Waals surface area contributed by atoms with Crippen LogP contribution in [0.3, 0.4) is 0 Å². The minimum absolute atomic E-state index is 0.322. The number of anilines is 1. The molecule has 23 heavy (non-hydrogen) atoms. The zero-order chi connectivity index (χ0) is 17.2. The Kier molecular flexibility index (Phi) is 5.61. The Morgan fingerprint density at radius 3 is 2.26 bits per heavy atom. The van der Waals surface area contributed by atoms with Crippen LogP contribution < -0.4 is 4.90 Å².